The van der Waals surface area contributed by atoms with Gasteiger partial charge >= 0.3 is 0 Å². The monoisotopic (exact) mass is 412 g/mol. The lowest BCUT2D eigenvalue weighted by Crippen LogP contribution is -2.12. The molecule has 0 aliphatic carbocycles. The van der Waals surface area contributed by atoms with E-state index >= 15 is 0 Å². The van der Waals surface area contributed by atoms with E-state index in [-0.39, 0.29) is 5.56 Å². The van der Waals surface area contributed by atoms with E-state index in [4.69, 9.17) is 10.5 Å². The van der Waals surface area contributed by atoms with Gasteiger partial charge in [0.25, 0.3) is 5.56 Å². The third kappa shape index (κ3) is 4.21. The molecule has 0 saturated carbocycles. The number of H-pyrrole nitrogens is 1. The molecule has 0 atom stereocenters. The van der Waals surface area contributed by atoms with Gasteiger partial charge < -0.3 is 15.5 Å². The van der Waals surface area contributed by atoms with E-state index in [1.807, 2.05) is 42.5 Å². The molecule has 0 aliphatic heterocycles. The molecule has 1 heterocycles. The minimum absolute atomic E-state index is 0.249. The fourth-order valence-electron chi connectivity index (χ4n) is 2.55. The molecule has 3 N–H and O–H groups in total. The zero-order chi connectivity index (χ0) is 18.5. The maximum absolute atomic E-state index is 11.9. The number of carbonyl (C=O) groups is 1. The second kappa shape index (κ2) is 8.01. The highest BCUT2D eigenvalue weighted by Gasteiger charge is 2.13. The van der Waals surface area contributed by atoms with Gasteiger partial charge in [0.2, 0.25) is 5.91 Å². The molecular weight excluding hydrogens is 396 g/mol. The first-order chi connectivity index (χ1) is 12.5. The number of primary amides is 1. The van der Waals surface area contributed by atoms with Crippen molar-refractivity contribution >= 4 is 21.8 Å². The zero-order valence-electron chi connectivity index (χ0n) is 13.9. The van der Waals surface area contributed by atoms with Crippen LogP contribution in [0.15, 0.2) is 70.1 Å². The van der Waals surface area contributed by atoms with Crippen molar-refractivity contribution in [2.24, 2.45) is 5.73 Å². The number of aromatic amines is 1. The average Bonchev–Trinajstić information content (AvgIpc) is 2.65. The van der Waals surface area contributed by atoms with Crippen LogP contribution in [0.5, 0.6) is 5.75 Å². The predicted molar refractivity (Wildman–Crippen MR) is 103 cm³/mol. The second-order valence-electron chi connectivity index (χ2n) is 5.80. The number of carbonyl (C=O) groups excluding carboxylic acids is 1. The molecule has 0 fully saturated rings. The summed E-state index contributed by atoms with van der Waals surface area (Å²) in [6, 6.07) is 16.8. The standard InChI is InChI=1S/C20H17BrN2O3/c21-17-18(26-12-14-4-2-1-3-5-14)16(11-23-20(17)25)10-13-6-8-15(9-7-13)19(22)24/h1-9,11H,10,12H2,(H2,22,24)(H,23,25). The van der Waals surface area contributed by atoms with Crippen LogP contribution in [0.2, 0.25) is 0 Å². The van der Waals surface area contributed by atoms with E-state index in [9.17, 15) is 9.59 Å². The molecular formula is C20H17BrN2O3. The Labute approximate surface area is 159 Å². The van der Waals surface area contributed by atoms with Crippen molar-refractivity contribution < 1.29 is 9.53 Å². The number of hydrogen-bond donors (Lipinski definition) is 2. The highest BCUT2D eigenvalue weighted by atomic mass is 79.9. The SMILES string of the molecule is NC(=O)c1ccc(Cc2c[nH]c(=O)c(Br)c2OCc2ccccc2)cc1. The summed E-state index contributed by atoms with van der Waals surface area (Å²) in [4.78, 5) is 25.8. The van der Waals surface area contributed by atoms with Gasteiger partial charge in [0.05, 0.1) is 0 Å². The Kier molecular flexibility index (Phi) is 5.53. The number of nitrogens with one attached hydrogen (secondary N) is 1. The summed E-state index contributed by atoms with van der Waals surface area (Å²) in [6.45, 7) is 0.358. The van der Waals surface area contributed by atoms with Gasteiger partial charge in [0, 0.05) is 23.7 Å². The van der Waals surface area contributed by atoms with Crippen LogP contribution in [-0.2, 0) is 13.0 Å². The van der Waals surface area contributed by atoms with E-state index in [1.54, 1.807) is 18.3 Å². The second-order valence-corrected chi connectivity index (χ2v) is 6.59. The van der Waals surface area contributed by atoms with Gasteiger partial charge in [-0.05, 0) is 39.2 Å². The molecule has 0 bridgehead atoms. The number of aromatic nitrogens is 1. The highest BCUT2D eigenvalue weighted by molar-refractivity contribution is 9.10. The summed E-state index contributed by atoms with van der Waals surface area (Å²) in [5.74, 6) is 0.0480. The zero-order valence-corrected chi connectivity index (χ0v) is 15.5. The molecule has 2 aromatic carbocycles. The van der Waals surface area contributed by atoms with Gasteiger partial charge in [0.1, 0.15) is 16.8 Å². The number of pyridine rings is 1. The number of benzene rings is 2. The fraction of sp³-hybridized carbons (Fsp3) is 0.100. The Hall–Kier alpha value is -2.86. The largest absolute Gasteiger partial charge is 0.487 e. The van der Waals surface area contributed by atoms with Crippen LogP contribution in [0.4, 0.5) is 0 Å². The van der Waals surface area contributed by atoms with E-state index in [0.29, 0.717) is 28.8 Å². The predicted octanol–water partition coefficient (Wildman–Crippen LogP) is 3.41. The maximum atomic E-state index is 11.9. The van der Waals surface area contributed by atoms with Crippen LogP contribution in [0.1, 0.15) is 27.0 Å². The van der Waals surface area contributed by atoms with Crippen molar-refractivity contribution in [2.45, 2.75) is 13.0 Å². The fourth-order valence-corrected chi connectivity index (χ4v) is 3.03. The van der Waals surface area contributed by atoms with Gasteiger partial charge in [-0.2, -0.15) is 0 Å². The summed E-state index contributed by atoms with van der Waals surface area (Å²) in [5, 5.41) is 0. The molecule has 0 radical (unpaired) electrons. The summed E-state index contributed by atoms with van der Waals surface area (Å²) in [6.07, 6.45) is 2.19. The Morgan fingerprint density at radius 1 is 1.04 bits per heavy atom. The summed E-state index contributed by atoms with van der Waals surface area (Å²) in [5.41, 5.74) is 8.29. The highest BCUT2D eigenvalue weighted by Crippen LogP contribution is 2.28. The van der Waals surface area contributed by atoms with Gasteiger partial charge in [-0.15, -0.1) is 0 Å². The first-order valence-corrected chi connectivity index (χ1v) is 8.79. The van der Waals surface area contributed by atoms with Crippen LogP contribution >= 0.6 is 15.9 Å². The lowest BCUT2D eigenvalue weighted by Gasteiger charge is -2.13. The van der Waals surface area contributed by atoms with Gasteiger partial charge in [-0.25, -0.2) is 0 Å². The molecule has 1 amide bonds. The van der Waals surface area contributed by atoms with Crippen LogP contribution in [0.3, 0.4) is 0 Å². The normalized spacial score (nSPS) is 10.5. The smallest absolute Gasteiger partial charge is 0.266 e. The summed E-state index contributed by atoms with van der Waals surface area (Å²) < 4.78 is 6.29. The quantitative estimate of drug-likeness (QED) is 0.650. The van der Waals surface area contributed by atoms with Crippen molar-refractivity contribution in [3.8, 4) is 5.75 Å². The van der Waals surface area contributed by atoms with Crippen molar-refractivity contribution in [3.05, 3.63) is 97.9 Å². The van der Waals surface area contributed by atoms with Crippen molar-refractivity contribution in [1.82, 2.24) is 4.98 Å². The first kappa shape index (κ1) is 17.9. The van der Waals surface area contributed by atoms with E-state index in [2.05, 4.69) is 20.9 Å². The van der Waals surface area contributed by atoms with Gasteiger partial charge in [-0.1, -0.05) is 42.5 Å². The molecule has 1 aromatic heterocycles. The van der Waals surface area contributed by atoms with Crippen LogP contribution < -0.4 is 16.0 Å². The topological polar surface area (TPSA) is 85.2 Å². The van der Waals surface area contributed by atoms with Crippen molar-refractivity contribution in [3.63, 3.8) is 0 Å². The molecule has 0 unspecified atom stereocenters. The number of halogens is 1. The Morgan fingerprint density at radius 3 is 2.38 bits per heavy atom. The van der Waals surface area contributed by atoms with E-state index in [0.717, 1.165) is 16.7 Å². The number of amides is 1. The van der Waals surface area contributed by atoms with Crippen molar-refractivity contribution in [1.29, 1.82) is 0 Å². The first-order valence-electron chi connectivity index (χ1n) is 8.00. The summed E-state index contributed by atoms with van der Waals surface area (Å²) >= 11 is 3.32. The van der Waals surface area contributed by atoms with Crippen LogP contribution in [0.25, 0.3) is 0 Å². The van der Waals surface area contributed by atoms with Gasteiger partial charge in [0.15, 0.2) is 0 Å². The molecule has 0 spiro atoms. The number of ether oxygens (including phenoxy) is 1. The molecule has 3 aromatic rings. The number of hydrogen-bond acceptors (Lipinski definition) is 3. The van der Waals surface area contributed by atoms with Crippen LogP contribution in [0, 0.1) is 0 Å². The molecule has 0 saturated heterocycles. The summed E-state index contributed by atoms with van der Waals surface area (Å²) in [7, 11) is 0. The Bertz CT molecular complexity index is 967. The van der Waals surface area contributed by atoms with E-state index in [1.165, 1.54) is 0 Å². The Morgan fingerprint density at radius 2 is 1.73 bits per heavy atom. The Balaban J connectivity index is 1.85. The molecule has 6 heteroatoms. The minimum Gasteiger partial charge on any atom is -0.487 e. The number of nitrogens with two attached hydrogens (primary N) is 1. The lowest BCUT2D eigenvalue weighted by atomic mass is 10.0. The third-order valence-corrected chi connectivity index (χ3v) is 4.65. The van der Waals surface area contributed by atoms with Crippen LogP contribution in [-0.4, -0.2) is 10.9 Å². The van der Waals surface area contributed by atoms with E-state index < -0.39 is 5.91 Å². The van der Waals surface area contributed by atoms with Crippen molar-refractivity contribution in [2.75, 3.05) is 0 Å². The lowest BCUT2D eigenvalue weighted by molar-refractivity contribution is 0.100. The molecule has 3 rings (SSSR count). The third-order valence-electron chi connectivity index (χ3n) is 3.93. The molecule has 26 heavy (non-hydrogen) atoms. The minimum atomic E-state index is -0.463. The molecule has 132 valence electrons. The molecule has 0 aliphatic rings. The average molecular weight is 413 g/mol. The molecule has 5 nitrogen and oxygen atoms in total. The van der Waals surface area contributed by atoms with Gasteiger partial charge in [-0.3, -0.25) is 9.59 Å². The number of rotatable bonds is 6. The maximum Gasteiger partial charge on any atom is 0.266 e.